The number of nitrogens with one attached hydrogen (secondary N) is 2. The first-order chi connectivity index (χ1) is 8.27. The number of hydrogen-bond donors (Lipinski definition) is 2. The Kier molecular flexibility index (Phi) is 7.19. The summed E-state index contributed by atoms with van der Waals surface area (Å²) in [5.41, 5.74) is 2.35. The molecule has 0 amide bonds. The summed E-state index contributed by atoms with van der Waals surface area (Å²) in [6, 6.07) is 0. The molecule has 0 fully saturated rings. The van der Waals surface area contributed by atoms with Crippen LogP contribution in [0.1, 0.15) is 17.8 Å². The van der Waals surface area contributed by atoms with Crippen molar-refractivity contribution in [3.8, 4) is 0 Å². The summed E-state index contributed by atoms with van der Waals surface area (Å²) in [5.74, 6) is 2.14. The van der Waals surface area contributed by atoms with E-state index in [1.165, 1.54) is 11.4 Å². The fourth-order valence-electron chi connectivity index (χ4n) is 1.31. The summed E-state index contributed by atoms with van der Waals surface area (Å²) in [6.45, 7) is 3.05. The lowest BCUT2D eigenvalue weighted by Crippen LogP contribution is -2.21. The lowest BCUT2D eigenvalue weighted by molar-refractivity contribution is 0.854. The molecule has 0 atom stereocenters. The number of nitrogens with zero attached hydrogens (tertiary/aromatic N) is 2. The fourth-order valence-corrected chi connectivity index (χ4v) is 2.72. The minimum atomic E-state index is 0.986. The van der Waals surface area contributed by atoms with Crippen molar-refractivity contribution in [3.05, 3.63) is 17.7 Å². The maximum atomic E-state index is 4.27. The molecule has 1 aromatic heterocycles. The Labute approximate surface area is 111 Å². The maximum absolute atomic E-state index is 4.27. The zero-order valence-electron chi connectivity index (χ0n) is 10.6. The van der Waals surface area contributed by atoms with Crippen molar-refractivity contribution >= 4 is 28.7 Å². The summed E-state index contributed by atoms with van der Waals surface area (Å²) in [5, 5.41) is 4.31. The van der Waals surface area contributed by atoms with Crippen molar-refractivity contribution in [1.82, 2.24) is 15.3 Å². The van der Waals surface area contributed by atoms with E-state index >= 15 is 0 Å². The van der Waals surface area contributed by atoms with Crippen LogP contribution in [0.4, 0.5) is 0 Å². The second-order valence-electron chi connectivity index (χ2n) is 3.54. The normalized spacial score (nSPS) is 11.8. The molecule has 2 N–H and O–H groups in total. The van der Waals surface area contributed by atoms with E-state index in [4.69, 9.17) is 0 Å². The summed E-state index contributed by atoms with van der Waals surface area (Å²) < 4.78 is 0. The van der Waals surface area contributed by atoms with Crippen LogP contribution in [-0.2, 0) is 5.75 Å². The van der Waals surface area contributed by atoms with Gasteiger partial charge in [-0.1, -0.05) is 11.8 Å². The fraction of sp³-hybridized carbons (Fsp3) is 0.636. The smallest absolute Gasteiger partial charge is 0.155 e. The van der Waals surface area contributed by atoms with Gasteiger partial charge in [-0.3, -0.25) is 4.99 Å². The Morgan fingerprint density at radius 3 is 3.00 bits per heavy atom. The number of aromatic nitrogens is 2. The molecule has 96 valence electrons. The predicted molar refractivity (Wildman–Crippen MR) is 79.0 cm³/mol. The number of H-pyrrole nitrogens is 1. The Morgan fingerprint density at radius 1 is 1.59 bits per heavy atom. The maximum Gasteiger partial charge on any atom is 0.155 e. The zero-order chi connectivity index (χ0) is 12.5. The van der Waals surface area contributed by atoms with Gasteiger partial charge >= 0.3 is 0 Å². The summed E-state index contributed by atoms with van der Waals surface area (Å²) in [6.07, 6.45) is 4.94. The van der Waals surface area contributed by atoms with Crippen molar-refractivity contribution in [2.45, 2.75) is 19.1 Å². The largest absolute Gasteiger partial charge is 0.365 e. The van der Waals surface area contributed by atoms with E-state index in [2.05, 4.69) is 27.2 Å². The number of aliphatic imine (C=N–C) groups is 1. The molecule has 0 aliphatic carbocycles. The van der Waals surface area contributed by atoms with Crippen LogP contribution in [0.3, 0.4) is 0 Å². The molecular weight excluding hydrogens is 252 g/mol. The van der Waals surface area contributed by atoms with E-state index in [0.29, 0.717) is 0 Å². The first-order valence-electron chi connectivity index (χ1n) is 5.59. The summed E-state index contributed by atoms with van der Waals surface area (Å²) in [7, 11) is 1.81. The van der Waals surface area contributed by atoms with E-state index < -0.39 is 0 Å². The quantitative estimate of drug-likeness (QED) is 0.474. The van der Waals surface area contributed by atoms with Crippen LogP contribution in [0, 0.1) is 6.92 Å². The van der Waals surface area contributed by atoms with E-state index in [1.54, 1.807) is 18.1 Å². The molecule has 0 unspecified atom stereocenters. The van der Waals surface area contributed by atoms with Crippen molar-refractivity contribution < 1.29 is 0 Å². The zero-order valence-corrected chi connectivity index (χ0v) is 12.2. The molecule has 0 aliphatic heterocycles. The highest BCUT2D eigenvalue weighted by Crippen LogP contribution is 2.13. The molecule has 0 saturated heterocycles. The minimum absolute atomic E-state index is 0.986. The van der Waals surface area contributed by atoms with Crippen LogP contribution in [-0.4, -0.2) is 40.7 Å². The van der Waals surface area contributed by atoms with Gasteiger partial charge in [0.15, 0.2) is 5.17 Å². The summed E-state index contributed by atoms with van der Waals surface area (Å²) >= 11 is 3.57. The number of imidazole rings is 1. The molecular formula is C11H20N4S2. The number of amidine groups is 1. The average molecular weight is 272 g/mol. The van der Waals surface area contributed by atoms with Gasteiger partial charge in [-0.25, -0.2) is 4.98 Å². The Hall–Kier alpha value is -0.620. The van der Waals surface area contributed by atoms with Crippen molar-refractivity contribution in [1.29, 1.82) is 0 Å². The van der Waals surface area contributed by atoms with Crippen LogP contribution in [0.25, 0.3) is 0 Å². The number of aromatic amines is 1. The highest BCUT2D eigenvalue weighted by Gasteiger charge is 2.00. The van der Waals surface area contributed by atoms with Gasteiger partial charge in [-0.15, -0.1) is 0 Å². The Morgan fingerprint density at radius 2 is 2.41 bits per heavy atom. The van der Waals surface area contributed by atoms with E-state index in [9.17, 15) is 0 Å². The first-order valence-corrected chi connectivity index (χ1v) is 7.97. The number of aryl methyl sites for hydroxylation is 1. The van der Waals surface area contributed by atoms with Gasteiger partial charge in [-0.05, 0) is 25.4 Å². The molecule has 0 radical (unpaired) electrons. The van der Waals surface area contributed by atoms with E-state index in [0.717, 1.165) is 29.6 Å². The van der Waals surface area contributed by atoms with Gasteiger partial charge < -0.3 is 10.3 Å². The molecule has 1 aromatic rings. The highest BCUT2D eigenvalue weighted by atomic mass is 32.2. The predicted octanol–water partition coefficient (Wildman–Crippen LogP) is 2.28. The van der Waals surface area contributed by atoms with Gasteiger partial charge in [0.1, 0.15) is 0 Å². The topological polar surface area (TPSA) is 53.1 Å². The van der Waals surface area contributed by atoms with Crippen LogP contribution in [0.2, 0.25) is 0 Å². The van der Waals surface area contributed by atoms with Crippen LogP contribution in [0.15, 0.2) is 11.3 Å². The average Bonchev–Trinajstić information content (AvgIpc) is 2.74. The molecule has 1 heterocycles. The number of rotatable bonds is 6. The van der Waals surface area contributed by atoms with E-state index in [-0.39, 0.29) is 0 Å². The monoisotopic (exact) mass is 272 g/mol. The lowest BCUT2D eigenvalue weighted by atomic mass is 10.4. The summed E-state index contributed by atoms with van der Waals surface area (Å²) in [4.78, 5) is 11.5. The van der Waals surface area contributed by atoms with E-state index in [1.807, 2.05) is 25.1 Å². The van der Waals surface area contributed by atoms with Crippen molar-refractivity contribution in [2.24, 2.45) is 4.99 Å². The van der Waals surface area contributed by atoms with Gasteiger partial charge in [0.2, 0.25) is 0 Å². The molecule has 4 nitrogen and oxygen atoms in total. The number of hydrogen-bond acceptors (Lipinski definition) is 4. The van der Waals surface area contributed by atoms with Gasteiger partial charge in [0.25, 0.3) is 0 Å². The van der Waals surface area contributed by atoms with Gasteiger partial charge in [0, 0.05) is 25.0 Å². The second-order valence-corrected chi connectivity index (χ2v) is 5.44. The Bertz CT molecular complexity index is 349. The lowest BCUT2D eigenvalue weighted by Gasteiger charge is -2.06. The molecule has 1 rings (SSSR count). The molecule has 0 aromatic carbocycles. The third-order valence-corrected chi connectivity index (χ3v) is 4.08. The number of thioether (sulfide) groups is 2. The first kappa shape index (κ1) is 14.4. The molecule has 0 bridgehead atoms. The molecule has 0 spiro atoms. The molecule has 0 saturated carbocycles. The van der Waals surface area contributed by atoms with Crippen LogP contribution in [0.5, 0.6) is 0 Å². The van der Waals surface area contributed by atoms with Crippen LogP contribution < -0.4 is 5.32 Å². The van der Waals surface area contributed by atoms with Crippen molar-refractivity contribution in [2.75, 3.05) is 25.6 Å². The third kappa shape index (κ3) is 5.50. The van der Waals surface area contributed by atoms with Gasteiger partial charge in [-0.2, -0.15) is 11.8 Å². The van der Waals surface area contributed by atoms with Gasteiger partial charge in [0.05, 0.1) is 12.0 Å². The highest BCUT2D eigenvalue weighted by molar-refractivity contribution is 8.13. The standard InChI is InChI=1S/C11H20N4S2/c1-9-10(15-8-14-9)7-17-6-4-5-13-11(12-2)16-3/h8H,4-7H2,1-3H3,(H,12,13)(H,14,15). The molecule has 6 heteroatoms. The van der Waals surface area contributed by atoms with Crippen LogP contribution >= 0.6 is 23.5 Å². The third-order valence-electron chi connectivity index (χ3n) is 2.31. The molecule has 17 heavy (non-hydrogen) atoms. The SMILES string of the molecule is CN=C(NCCCSCc1nc[nH]c1C)SC. The molecule has 0 aliphatic rings. The minimum Gasteiger partial charge on any atom is -0.365 e. The second kappa shape index (κ2) is 8.47. The van der Waals surface area contributed by atoms with Crippen molar-refractivity contribution in [3.63, 3.8) is 0 Å². The Balaban J connectivity index is 2.04.